The summed E-state index contributed by atoms with van der Waals surface area (Å²) in [7, 11) is 0. The van der Waals surface area contributed by atoms with Crippen LogP contribution in [0.1, 0.15) is 0 Å². The Morgan fingerprint density at radius 3 is 0.933 bits per heavy atom. The van der Waals surface area contributed by atoms with Crippen molar-refractivity contribution in [1.82, 2.24) is 0 Å². The van der Waals surface area contributed by atoms with Crippen LogP contribution in [0.15, 0.2) is 50.6 Å². The van der Waals surface area contributed by atoms with E-state index < -0.39 is 0 Å². The number of hydrogen-bond acceptors (Lipinski definition) is 2. The minimum atomic E-state index is -0.160. The van der Waals surface area contributed by atoms with Crippen LogP contribution in [0.5, 0.6) is 0 Å². The van der Waals surface area contributed by atoms with Gasteiger partial charge in [0.25, 0.3) is 0 Å². The second-order valence-electron chi connectivity index (χ2n) is 3.07. The summed E-state index contributed by atoms with van der Waals surface area (Å²) in [6, 6.07) is 0. The van der Waals surface area contributed by atoms with Crippen molar-refractivity contribution in [2.75, 3.05) is 0 Å². The smallest absolute Gasteiger partial charge is 0.106 e. The maximum Gasteiger partial charge on any atom is 0.106 e. The molecule has 2 nitrogen and oxygen atoms in total. The van der Waals surface area contributed by atoms with E-state index in [9.17, 15) is 0 Å². The SMILES string of the molecule is C=CC1OC(C=C)C(C=C)OC1C=C.[Pt]. The molecular formula is C12H16O2Pt. The fourth-order valence-corrected chi connectivity index (χ4v) is 1.43. The van der Waals surface area contributed by atoms with E-state index in [-0.39, 0.29) is 45.5 Å². The molecule has 0 amide bonds. The Balaban J connectivity index is 0.00000196. The molecule has 0 aromatic carbocycles. The minimum absolute atomic E-state index is 0. The second-order valence-corrected chi connectivity index (χ2v) is 3.07. The first-order valence-corrected chi connectivity index (χ1v) is 4.58. The average molecular weight is 387 g/mol. The molecule has 1 saturated heterocycles. The number of rotatable bonds is 4. The van der Waals surface area contributed by atoms with Gasteiger partial charge in [-0.15, -0.1) is 26.3 Å². The van der Waals surface area contributed by atoms with Crippen molar-refractivity contribution in [2.24, 2.45) is 0 Å². The summed E-state index contributed by atoms with van der Waals surface area (Å²) in [4.78, 5) is 0. The molecule has 0 aromatic heterocycles. The maximum atomic E-state index is 5.69. The van der Waals surface area contributed by atoms with E-state index in [2.05, 4.69) is 26.3 Å². The molecule has 4 unspecified atom stereocenters. The molecule has 1 aliphatic heterocycles. The monoisotopic (exact) mass is 387 g/mol. The molecule has 1 aliphatic rings. The zero-order valence-electron chi connectivity index (χ0n) is 8.58. The summed E-state index contributed by atoms with van der Waals surface area (Å²) in [5.74, 6) is 0. The second kappa shape index (κ2) is 6.94. The average Bonchev–Trinajstić information content (AvgIpc) is 2.26. The van der Waals surface area contributed by atoms with Gasteiger partial charge in [-0.2, -0.15) is 0 Å². The Morgan fingerprint density at radius 1 is 0.600 bits per heavy atom. The van der Waals surface area contributed by atoms with Crippen molar-refractivity contribution in [3.05, 3.63) is 50.6 Å². The Morgan fingerprint density at radius 2 is 0.800 bits per heavy atom. The minimum Gasteiger partial charge on any atom is -0.361 e. The van der Waals surface area contributed by atoms with Crippen molar-refractivity contribution in [3.63, 3.8) is 0 Å². The molecule has 0 bridgehead atoms. The largest absolute Gasteiger partial charge is 0.361 e. The summed E-state index contributed by atoms with van der Waals surface area (Å²) < 4.78 is 11.4. The third kappa shape index (κ3) is 3.27. The molecule has 0 N–H and O–H groups in total. The molecule has 1 heterocycles. The predicted molar refractivity (Wildman–Crippen MR) is 58.1 cm³/mol. The topological polar surface area (TPSA) is 18.5 Å². The van der Waals surface area contributed by atoms with Gasteiger partial charge in [0.1, 0.15) is 24.4 Å². The summed E-state index contributed by atoms with van der Waals surface area (Å²) in [6.45, 7) is 14.8. The van der Waals surface area contributed by atoms with Gasteiger partial charge in [0.05, 0.1) is 0 Å². The van der Waals surface area contributed by atoms with Crippen molar-refractivity contribution in [3.8, 4) is 0 Å². The van der Waals surface area contributed by atoms with Crippen molar-refractivity contribution in [2.45, 2.75) is 24.4 Å². The van der Waals surface area contributed by atoms with E-state index in [4.69, 9.17) is 9.47 Å². The molecule has 1 fully saturated rings. The molecule has 0 aliphatic carbocycles. The Bertz CT molecular complexity index is 200. The van der Waals surface area contributed by atoms with Gasteiger partial charge in [0, 0.05) is 21.1 Å². The van der Waals surface area contributed by atoms with Crippen LogP contribution in [-0.2, 0) is 30.5 Å². The van der Waals surface area contributed by atoms with Gasteiger partial charge < -0.3 is 9.47 Å². The van der Waals surface area contributed by atoms with Crippen molar-refractivity contribution < 1.29 is 30.5 Å². The van der Waals surface area contributed by atoms with Crippen LogP contribution >= 0.6 is 0 Å². The van der Waals surface area contributed by atoms with Crippen LogP contribution in [-0.4, -0.2) is 24.4 Å². The molecular weight excluding hydrogens is 371 g/mol. The molecule has 0 spiro atoms. The number of ether oxygens (including phenoxy) is 2. The fraction of sp³-hybridized carbons (Fsp3) is 0.333. The third-order valence-electron chi connectivity index (χ3n) is 2.21. The predicted octanol–water partition coefficient (Wildman–Crippen LogP) is 2.25. The summed E-state index contributed by atoms with van der Waals surface area (Å²) in [5.41, 5.74) is 0. The summed E-state index contributed by atoms with van der Waals surface area (Å²) >= 11 is 0. The van der Waals surface area contributed by atoms with Gasteiger partial charge in [0.15, 0.2) is 0 Å². The van der Waals surface area contributed by atoms with E-state index in [0.29, 0.717) is 0 Å². The Hall–Kier alpha value is -0.432. The van der Waals surface area contributed by atoms with Gasteiger partial charge in [-0.3, -0.25) is 0 Å². The molecule has 0 aromatic rings. The molecule has 0 radical (unpaired) electrons. The standard InChI is InChI=1S/C12H16O2.Pt/c1-5-9-10(6-2)14-12(8-4)11(7-3)13-9;/h5-12H,1-4H2;. The third-order valence-corrected chi connectivity index (χ3v) is 2.21. The van der Waals surface area contributed by atoms with Gasteiger partial charge >= 0.3 is 0 Å². The first-order chi connectivity index (χ1) is 6.76. The van der Waals surface area contributed by atoms with Crippen molar-refractivity contribution in [1.29, 1.82) is 0 Å². The maximum absolute atomic E-state index is 5.69. The first kappa shape index (κ1) is 14.6. The Labute approximate surface area is 106 Å². The molecule has 3 heteroatoms. The van der Waals surface area contributed by atoms with Crippen LogP contribution in [0.3, 0.4) is 0 Å². The molecule has 1 rings (SSSR count). The van der Waals surface area contributed by atoms with E-state index in [1.54, 1.807) is 24.3 Å². The van der Waals surface area contributed by atoms with Crippen LogP contribution < -0.4 is 0 Å². The summed E-state index contributed by atoms with van der Waals surface area (Å²) in [6.07, 6.45) is 6.20. The van der Waals surface area contributed by atoms with Gasteiger partial charge in [-0.05, 0) is 0 Å². The molecule has 86 valence electrons. The van der Waals surface area contributed by atoms with E-state index >= 15 is 0 Å². The van der Waals surface area contributed by atoms with E-state index in [1.807, 2.05) is 0 Å². The zero-order chi connectivity index (χ0) is 10.6. The quantitative estimate of drug-likeness (QED) is 0.689. The van der Waals surface area contributed by atoms with Gasteiger partial charge in [-0.25, -0.2) is 0 Å². The molecule has 15 heavy (non-hydrogen) atoms. The van der Waals surface area contributed by atoms with Crippen LogP contribution in [0.25, 0.3) is 0 Å². The van der Waals surface area contributed by atoms with Crippen molar-refractivity contribution >= 4 is 0 Å². The van der Waals surface area contributed by atoms with Crippen LogP contribution in [0, 0.1) is 0 Å². The van der Waals surface area contributed by atoms with Gasteiger partial charge in [0.2, 0.25) is 0 Å². The van der Waals surface area contributed by atoms with Gasteiger partial charge in [-0.1, -0.05) is 24.3 Å². The van der Waals surface area contributed by atoms with Crippen LogP contribution in [0.2, 0.25) is 0 Å². The normalized spacial score (nSPS) is 34.7. The summed E-state index contributed by atoms with van der Waals surface area (Å²) in [5, 5.41) is 0. The fourth-order valence-electron chi connectivity index (χ4n) is 1.43. The molecule has 0 saturated carbocycles. The van der Waals surface area contributed by atoms with Crippen LogP contribution in [0.4, 0.5) is 0 Å². The zero-order valence-corrected chi connectivity index (χ0v) is 10.9. The molecule has 4 atom stereocenters. The Kier molecular flexibility index (Phi) is 6.74. The number of hydrogen-bond donors (Lipinski definition) is 0. The van der Waals surface area contributed by atoms with E-state index in [0.717, 1.165) is 0 Å². The van der Waals surface area contributed by atoms with E-state index in [1.165, 1.54) is 0 Å². The first-order valence-electron chi connectivity index (χ1n) is 4.58.